The van der Waals surface area contributed by atoms with E-state index >= 15 is 0 Å². The molecule has 4 rings (SSSR count). The summed E-state index contributed by atoms with van der Waals surface area (Å²) in [4.78, 5) is 19.3. The Morgan fingerprint density at radius 1 is 1.00 bits per heavy atom. The van der Waals surface area contributed by atoms with Crippen LogP contribution < -0.4 is 5.32 Å². The summed E-state index contributed by atoms with van der Waals surface area (Å²) in [6, 6.07) is 14.1. The molecule has 4 aromatic rings. The van der Waals surface area contributed by atoms with E-state index in [0.717, 1.165) is 53.9 Å². The number of aryl methyl sites for hydroxylation is 4. The van der Waals surface area contributed by atoms with Gasteiger partial charge in [0.15, 0.2) is 0 Å². The van der Waals surface area contributed by atoms with Crippen molar-refractivity contribution in [1.82, 2.24) is 4.98 Å². The quantitative estimate of drug-likeness (QED) is 0.347. The Kier molecular flexibility index (Phi) is 5.28. The van der Waals surface area contributed by atoms with E-state index in [1.165, 1.54) is 0 Å². The number of amides is 1. The zero-order chi connectivity index (χ0) is 20.7. The number of carbonyl (C=O) groups is 1. The highest BCUT2D eigenvalue weighted by molar-refractivity contribution is 9.10. The molecule has 0 unspecified atom stereocenters. The average molecular weight is 465 g/mol. The van der Waals surface area contributed by atoms with E-state index < -0.39 is 0 Å². The number of hydrogen-bond acceptors (Lipinski definition) is 3. The lowest BCUT2D eigenvalue weighted by Gasteiger charge is -2.14. The summed E-state index contributed by atoms with van der Waals surface area (Å²) in [6.07, 6.45) is 0. The molecule has 0 fully saturated rings. The fraction of sp³-hybridized carbons (Fsp3) is 0.167. The third-order valence-corrected chi connectivity index (χ3v) is 6.77. The lowest BCUT2D eigenvalue weighted by atomic mass is 10.0. The topological polar surface area (TPSA) is 42.0 Å². The minimum absolute atomic E-state index is 0.120. The van der Waals surface area contributed by atoms with Gasteiger partial charge in [-0.05, 0) is 80.1 Å². The number of hydrogen-bond donors (Lipinski definition) is 1. The number of fused-ring (bicyclic) bond motifs is 1. The molecule has 0 atom stereocenters. The molecule has 1 N–H and O–H groups in total. The van der Waals surface area contributed by atoms with Crippen LogP contribution in [0.15, 0.2) is 52.3 Å². The van der Waals surface area contributed by atoms with Crippen LogP contribution in [0.3, 0.4) is 0 Å². The summed E-state index contributed by atoms with van der Waals surface area (Å²) >= 11 is 5.18. The van der Waals surface area contributed by atoms with Crippen LogP contribution in [0.4, 0.5) is 5.69 Å². The highest BCUT2D eigenvalue weighted by atomic mass is 79.9. The van der Waals surface area contributed by atoms with Crippen molar-refractivity contribution in [2.75, 3.05) is 5.32 Å². The molecule has 0 aliphatic heterocycles. The number of benzene rings is 2. The van der Waals surface area contributed by atoms with Crippen LogP contribution in [0.5, 0.6) is 0 Å². The van der Waals surface area contributed by atoms with Gasteiger partial charge in [-0.15, -0.1) is 11.3 Å². The number of rotatable bonds is 3. The monoisotopic (exact) mass is 464 g/mol. The SMILES string of the molecule is Cc1cc(C)c2nc(-c3cccs3)cc(C(=O)Nc3cc(C)c(Br)cc3C)c2c1. The minimum Gasteiger partial charge on any atom is -0.322 e. The lowest BCUT2D eigenvalue weighted by Crippen LogP contribution is -2.14. The van der Waals surface area contributed by atoms with E-state index in [1.807, 2.05) is 69.5 Å². The van der Waals surface area contributed by atoms with Gasteiger partial charge in [0.2, 0.25) is 0 Å². The third kappa shape index (κ3) is 3.85. The van der Waals surface area contributed by atoms with E-state index in [-0.39, 0.29) is 5.91 Å². The molecule has 0 bridgehead atoms. The van der Waals surface area contributed by atoms with Gasteiger partial charge < -0.3 is 5.32 Å². The first-order valence-corrected chi connectivity index (χ1v) is 11.0. The molecule has 2 heterocycles. The number of nitrogens with zero attached hydrogens (tertiary/aromatic N) is 1. The first-order valence-electron chi connectivity index (χ1n) is 9.37. The van der Waals surface area contributed by atoms with Gasteiger partial charge in [-0.2, -0.15) is 0 Å². The van der Waals surface area contributed by atoms with Gasteiger partial charge in [0, 0.05) is 15.5 Å². The van der Waals surface area contributed by atoms with Crippen molar-refractivity contribution in [2.45, 2.75) is 27.7 Å². The molecule has 0 spiro atoms. The number of pyridine rings is 1. The molecule has 3 nitrogen and oxygen atoms in total. The van der Waals surface area contributed by atoms with Crippen molar-refractivity contribution in [2.24, 2.45) is 0 Å². The molecule has 0 aliphatic carbocycles. The predicted octanol–water partition coefficient (Wildman–Crippen LogP) is 7.21. The van der Waals surface area contributed by atoms with Crippen LogP contribution in [-0.2, 0) is 0 Å². The first-order chi connectivity index (χ1) is 13.8. The molecule has 0 radical (unpaired) electrons. The van der Waals surface area contributed by atoms with Crippen LogP contribution in [0.1, 0.15) is 32.6 Å². The number of anilines is 1. The third-order valence-electron chi connectivity index (χ3n) is 5.02. The Morgan fingerprint density at radius 2 is 1.79 bits per heavy atom. The van der Waals surface area contributed by atoms with Crippen molar-refractivity contribution < 1.29 is 4.79 Å². The zero-order valence-electron chi connectivity index (χ0n) is 16.8. The molecule has 0 saturated heterocycles. The molecule has 146 valence electrons. The van der Waals surface area contributed by atoms with E-state index in [2.05, 4.69) is 27.3 Å². The van der Waals surface area contributed by atoms with Crippen LogP contribution in [0.25, 0.3) is 21.5 Å². The zero-order valence-corrected chi connectivity index (χ0v) is 19.2. The summed E-state index contributed by atoms with van der Waals surface area (Å²) < 4.78 is 1.04. The average Bonchev–Trinajstić information content (AvgIpc) is 3.20. The van der Waals surface area contributed by atoms with Gasteiger partial charge >= 0.3 is 0 Å². The summed E-state index contributed by atoms with van der Waals surface area (Å²) in [6.45, 7) is 8.10. The van der Waals surface area contributed by atoms with Gasteiger partial charge in [-0.3, -0.25) is 4.79 Å². The fourth-order valence-corrected chi connectivity index (χ4v) is 4.67. The van der Waals surface area contributed by atoms with Gasteiger partial charge in [-0.1, -0.05) is 33.6 Å². The fourth-order valence-electron chi connectivity index (χ4n) is 3.52. The second-order valence-corrected chi connectivity index (χ2v) is 9.18. The molecular formula is C24H21BrN2OS. The Bertz CT molecular complexity index is 1250. The second kappa shape index (κ2) is 7.73. The summed E-state index contributed by atoms with van der Waals surface area (Å²) in [5.74, 6) is -0.120. The van der Waals surface area contributed by atoms with Crippen LogP contribution >= 0.6 is 27.3 Å². The number of aromatic nitrogens is 1. The van der Waals surface area contributed by atoms with Crippen molar-refractivity contribution in [3.63, 3.8) is 0 Å². The first kappa shape index (κ1) is 19.8. The molecule has 0 aliphatic rings. The predicted molar refractivity (Wildman–Crippen MR) is 126 cm³/mol. The maximum absolute atomic E-state index is 13.4. The second-order valence-electron chi connectivity index (χ2n) is 7.38. The van der Waals surface area contributed by atoms with Gasteiger partial charge in [0.1, 0.15) is 0 Å². The molecule has 2 aromatic heterocycles. The Morgan fingerprint density at radius 3 is 2.52 bits per heavy atom. The van der Waals surface area contributed by atoms with Gasteiger partial charge in [0.25, 0.3) is 5.91 Å². The maximum atomic E-state index is 13.4. The van der Waals surface area contributed by atoms with Crippen LogP contribution in [0.2, 0.25) is 0 Å². The highest BCUT2D eigenvalue weighted by Crippen LogP contribution is 2.31. The van der Waals surface area contributed by atoms with Crippen LogP contribution in [-0.4, -0.2) is 10.9 Å². The standard InChI is InChI=1S/C24H21BrN2OS/c1-13-8-16(4)23-17(9-13)18(12-21(26-23)22-6-5-7-29-22)24(28)27-20-11-14(2)19(25)10-15(20)3/h5-12H,1-4H3,(H,27,28). The summed E-state index contributed by atoms with van der Waals surface area (Å²) in [7, 11) is 0. The van der Waals surface area contributed by atoms with Crippen molar-refractivity contribution >= 4 is 49.8 Å². The van der Waals surface area contributed by atoms with E-state index in [1.54, 1.807) is 11.3 Å². The Labute approximate surface area is 182 Å². The van der Waals surface area contributed by atoms with Crippen molar-refractivity contribution in [3.05, 3.63) is 80.1 Å². The van der Waals surface area contributed by atoms with Crippen molar-refractivity contribution in [1.29, 1.82) is 0 Å². The normalized spacial score (nSPS) is 11.1. The maximum Gasteiger partial charge on any atom is 0.256 e. The van der Waals surface area contributed by atoms with Crippen molar-refractivity contribution in [3.8, 4) is 10.6 Å². The summed E-state index contributed by atoms with van der Waals surface area (Å²) in [5, 5.41) is 6.02. The lowest BCUT2D eigenvalue weighted by molar-refractivity contribution is 0.102. The number of halogens is 1. The highest BCUT2D eigenvalue weighted by Gasteiger charge is 2.17. The minimum atomic E-state index is -0.120. The van der Waals surface area contributed by atoms with E-state index in [0.29, 0.717) is 5.56 Å². The molecule has 5 heteroatoms. The number of thiophene rings is 1. The molecule has 1 amide bonds. The molecular weight excluding hydrogens is 444 g/mol. The Hall–Kier alpha value is -2.50. The Balaban J connectivity index is 1.87. The molecule has 2 aromatic carbocycles. The number of carbonyl (C=O) groups excluding carboxylic acids is 1. The molecule has 0 saturated carbocycles. The van der Waals surface area contributed by atoms with Crippen LogP contribution in [0, 0.1) is 27.7 Å². The summed E-state index contributed by atoms with van der Waals surface area (Å²) in [5.41, 5.74) is 7.45. The number of nitrogens with one attached hydrogen (secondary N) is 1. The smallest absolute Gasteiger partial charge is 0.256 e. The largest absolute Gasteiger partial charge is 0.322 e. The molecule has 29 heavy (non-hydrogen) atoms. The van der Waals surface area contributed by atoms with E-state index in [9.17, 15) is 4.79 Å². The van der Waals surface area contributed by atoms with E-state index in [4.69, 9.17) is 4.98 Å². The van der Waals surface area contributed by atoms with Gasteiger partial charge in [-0.25, -0.2) is 4.98 Å². The van der Waals surface area contributed by atoms with Gasteiger partial charge in [0.05, 0.1) is 21.7 Å².